The lowest BCUT2D eigenvalue weighted by atomic mass is 9.86. The fourth-order valence-corrected chi connectivity index (χ4v) is 2.95. The number of hydrogen-bond donors (Lipinski definition) is 0. The second kappa shape index (κ2) is 5.75. The van der Waals surface area contributed by atoms with Crippen LogP contribution in [0.2, 0.25) is 5.02 Å². The summed E-state index contributed by atoms with van der Waals surface area (Å²) in [7, 11) is 2.08. The summed E-state index contributed by atoms with van der Waals surface area (Å²) in [6.45, 7) is 2.31. The smallest absolute Gasteiger partial charge is 0.152 e. The van der Waals surface area contributed by atoms with E-state index in [0.717, 1.165) is 17.9 Å². The van der Waals surface area contributed by atoms with Crippen molar-refractivity contribution in [1.29, 1.82) is 0 Å². The Morgan fingerprint density at radius 2 is 1.94 bits per heavy atom. The van der Waals surface area contributed by atoms with Crippen molar-refractivity contribution < 1.29 is 4.79 Å². The Balaban J connectivity index is 2.17. The van der Waals surface area contributed by atoms with Crippen molar-refractivity contribution in [3.8, 4) is 0 Å². The first kappa shape index (κ1) is 13.4. The molecule has 1 aromatic rings. The highest BCUT2D eigenvalue weighted by Gasteiger charge is 2.23. The van der Waals surface area contributed by atoms with Gasteiger partial charge in [0.2, 0.25) is 0 Å². The van der Waals surface area contributed by atoms with Crippen LogP contribution in [0.4, 0.5) is 5.69 Å². The molecule has 0 bridgehead atoms. The molecule has 0 atom stereocenters. The van der Waals surface area contributed by atoms with Gasteiger partial charge in [0, 0.05) is 29.4 Å². The van der Waals surface area contributed by atoms with Crippen LogP contribution < -0.4 is 4.90 Å². The summed E-state index contributed by atoms with van der Waals surface area (Å²) >= 11 is 5.93. The molecule has 98 valence electrons. The average molecular weight is 266 g/mol. The molecule has 2 nitrogen and oxygen atoms in total. The number of rotatable bonds is 3. The number of nitrogens with zero attached hydrogens (tertiary/aromatic N) is 1. The monoisotopic (exact) mass is 265 g/mol. The van der Waals surface area contributed by atoms with Crippen molar-refractivity contribution in [2.45, 2.75) is 38.6 Å². The van der Waals surface area contributed by atoms with E-state index in [1.54, 1.807) is 6.07 Å². The molecular weight excluding hydrogens is 246 g/mol. The summed E-state index contributed by atoms with van der Waals surface area (Å²) in [5.41, 5.74) is 1.68. The highest BCUT2D eigenvalue weighted by molar-refractivity contribution is 6.31. The van der Waals surface area contributed by atoms with E-state index in [2.05, 4.69) is 18.9 Å². The van der Waals surface area contributed by atoms with E-state index in [9.17, 15) is 4.79 Å². The Hall–Kier alpha value is -1.02. The average Bonchev–Trinajstić information content (AvgIpc) is 2.38. The fourth-order valence-electron chi connectivity index (χ4n) is 2.77. The topological polar surface area (TPSA) is 20.3 Å². The second-order valence-electron chi connectivity index (χ2n) is 5.35. The molecule has 0 amide bonds. The number of carbonyl (C=O) groups excluding carboxylic acids is 1. The van der Waals surface area contributed by atoms with E-state index in [4.69, 9.17) is 11.6 Å². The minimum atomic E-state index is 0.543. The minimum Gasteiger partial charge on any atom is -0.371 e. The van der Waals surface area contributed by atoms with Gasteiger partial charge in [-0.15, -0.1) is 0 Å². The van der Waals surface area contributed by atoms with Crippen molar-refractivity contribution in [3.05, 3.63) is 28.8 Å². The molecule has 1 aromatic carbocycles. The summed E-state index contributed by atoms with van der Waals surface area (Å²) in [6.07, 6.45) is 5.86. The number of aldehydes is 1. The number of hydrogen-bond acceptors (Lipinski definition) is 2. The SMILES string of the molecule is CC1CCC(N(C)c2ccc(Cl)cc2C=O)CC1. The van der Waals surface area contributed by atoms with Crippen molar-refractivity contribution in [2.24, 2.45) is 5.92 Å². The van der Waals surface area contributed by atoms with Gasteiger partial charge < -0.3 is 4.90 Å². The molecule has 0 heterocycles. The quantitative estimate of drug-likeness (QED) is 0.765. The van der Waals surface area contributed by atoms with Crippen LogP contribution in [0.5, 0.6) is 0 Å². The predicted molar refractivity (Wildman–Crippen MR) is 76.7 cm³/mol. The van der Waals surface area contributed by atoms with Crippen LogP contribution in [-0.2, 0) is 0 Å². The van der Waals surface area contributed by atoms with Crippen molar-refractivity contribution >= 4 is 23.6 Å². The molecule has 0 radical (unpaired) electrons. The molecule has 1 aliphatic rings. The van der Waals surface area contributed by atoms with Crippen LogP contribution in [-0.4, -0.2) is 19.4 Å². The zero-order chi connectivity index (χ0) is 13.1. The molecule has 1 fully saturated rings. The summed E-state index contributed by atoms with van der Waals surface area (Å²) in [6, 6.07) is 6.09. The van der Waals surface area contributed by atoms with E-state index in [-0.39, 0.29) is 0 Å². The Labute approximate surface area is 114 Å². The van der Waals surface area contributed by atoms with Gasteiger partial charge >= 0.3 is 0 Å². The van der Waals surface area contributed by atoms with Gasteiger partial charge in [0.15, 0.2) is 6.29 Å². The maximum absolute atomic E-state index is 11.1. The van der Waals surface area contributed by atoms with Gasteiger partial charge in [-0.2, -0.15) is 0 Å². The normalized spacial score (nSPS) is 23.7. The summed E-state index contributed by atoms with van der Waals surface area (Å²) in [5.74, 6) is 0.838. The van der Waals surface area contributed by atoms with Gasteiger partial charge in [0.1, 0.15) is 0 Å². The highest BCUT2D eigenvalue weighted by Crippen LogP contribution is 2.31. The Bertz CT molecular complexity index is 425. The first-order valence-electron chi connectivity index (χ1n) is 6.59. The molecule has 0 spiro atoms. The van der Waals surface area contributed by atoms with Gasteiger partial charge in [0.05, 0.1) is 0 Å². The number of halogens is 1. The Morgan fingerprint density at radius 1 is 1.28 bits per heavy atom. The van der Waals surface area contributed by atoms with Crippen LogP contribution >= 0.6 is 11.6 Å². The number of carbonyl (C=O) groups is 1. The summed E-state index contributed by atoms with van der Waals surface area (Å²) < 4.78 is 0. The van der Waals surface area contributed by atoms with Crippen LogP contribution in [0.1, 0.15) is 43.0 Å². The number of anilines is 1. The maximum atomic E-state index is 11.1. The molecule has 3 heteroatoms. The zero-order valence-corrected chi connectivity index (χ0v) is 11.8. The summed E-state index contributed by atoms with van der Waals surface area (Å²) in [4.78, 5) is 13.4. The molecule has 0 aromatic heterocycles. The third kappa shape index (κ3) is 2.86. The van der Waals surface area contributed by atoms with Crippen LogP contribution in [0.15, 0.2) is 18.2 Å². The van der Waals surface area contributed by atoms with Crippen molar-refractivity contribution in [2.75, 3.05) is 11.9 Å². The van der Waals surface area contributed by atoms with Crippen molar-refractivity contribution in [1.82, 2.24) is 0 Å². The third-order valence-electron chi connectivity index (χ3n) is 4.03. The maximum Gasteiger partial charge on any atom is 0.152 e. The standard InChI is InChI=1S/C15H20ClNO/c1-11-3-6-14(7-4-11)17(2)15-8-5-13(16)9-12(15)10-18/h5,8-11,14H,3-4,6-7H2,1-2H3. The van der Waals surface area contributed by atoms with Gasteiger partial charge in [-0.3, -0.25) is 4.79 Å². The fraction of sp³-hybridized carbons (Fsp3) is 0.533. The molecule has 0 aliphatic heterocycles. The lowest BCUT2D eigenvalue weighted by Gasteiger charge is -2.35. The van der Waals surface area contributed by atoms with E-state index in [0.29, 0.717) is 16.6 Å². The lowest BCUT2D eigenvalue weighted by Crippen LogP contribution is -2.35. The first-order chi connectivity index (χ1) is 8.61. The summed E-state index contributed by atoms with van der Waals surface area (Å²) in [5, 5.41) is 0.617. The third-order valence-corrected chi connectivity index (χ3v) is 4.26. The van der Waals surface area contributed by atoms with Crippen molar-refractivity contribution in [3.63, 3.8) is 0 Å². The Kier molecular flexibility index (Phi) is 4.28. The molecule has 1 aliphatic carbocycles. The minimum absolute atomic E-state index is 0.543. The Morgan fingerprint density at radius 3 is 2.56 bits per heavy atom. The molecular formula is C15H20ClNO. The highest BCUT2D eigenvalue weighted by atomic mass is 35.5. The molecule has 0 N–H and O–H groups in total. The van der Waals surface area contributed by atoms with Gasteiger partial charge in [-0.25, -0.2) is 0 Å². The molecule has 1 saturated carbocycles. The first-order valence-corrected chi connectivity index (χ1v) is 6.97. The molecule has 2 rings (SSSR count). The number of benzene rings is 1. The van der Waals surface area contributed by atoms with Gasteiger partial charge in [-0.1, -0.05) is 18.5 Å². The van der Waals surface area contributed by atoms with E-state index >= 15 is 0 Å². The second-order valence-corrected chi connectivity index (χ2v) is 5.78. The van der Waals surface area contributed by atoms with E-state index in [1.807, 2.05) is 12.1 Å². The van der Waals surface area contributed by atoms with Gasteiger partial charge in [-0.05, 0) is 49.8 Å². The largest absolute Gasteiger partial charge is 0.371 e. The van der Waals surface area contributed by atoms with E-state index < -0.39 is 0 Å². The predicted octanol–water partition coefficient (Wildman–Crippen LogP) is 4.17. The van der Waals surface area contributed by atoms with Crippen LogP contribution in [0.25, 0.3) is 0 Å². The van der Waals surface area contributed by atoms with Gasteiger partial charge in [0.25, 0.3) is 0 Å². The lowest BCUT2D eigenvalue weighted by molar-refractivity contribution is 0.112. The van der Waals surface area contributed by atoms with E-state index in [1.165, 1.54) is 25.7 Å². The molecule has 18 heavy (non-hydrogen) atoms. The molecule has 0 unspecified atom stereocenters. The molecule has 0 saturated heterocycles. The van der Waals surface area contributed by atoms with Crippen LogP contribution in [0.3, 0.4) is 0 Å². The zero-order valence-electron chi connectivity index (χ0n) is 11.0. The van der Waals surface area contributed by atoms with Crippen LogP contribution in [0, 0.1) is 5.92 Å².